The van der Waals surface area contributed by atoms with Gasteiger partial charge in [0.1, 0.15) is 0 Å². The van der Waals surface area contributed by atoms with Crippen molar-refractivity contribution in [3.05, 3.63) is 65.2 Å². The highest BCUT2D eigenvalue weighted by Gasteiger charge is 2.29. The lowest BCUT2D eigenvalue weighted by molar-refractivity contribution is -0.133. The van der Waals surface area contributed by atoms with E-state index in [4.69, 9.17) is 0 Å². The molecule has 27 heavy (non-hydrogen) atoms. The van der Waals surface area contributed by atoms with E-state index in [0.717, 1.165) is 30.5 Å². The highest BCUT2D eigenvalue weighted by molar-refractivity contribution is 5.96. The molecule has 0 unspecified atom stereocenters. The van der Waals surface area contributed by atoms with Gasteiger partial charge in [0.15, 0.2) is 0 Å². The minimum Gasteiger partial charge on any atom is -0.339 e. The zero-order valence-corrected chi connectivity index (χ0v) is 15.8. The molecule has 4 nitrogen and oxygen atoms in total. The molecule has 2 amide bonds. The van der Waals surface area contributed by atoms with Crippen molar-refractivity contribution in [3.63, 3.8) is 0 Å². The molecule has 2 aromatic carbocycles. The van der Waals surface area contributed by atoms with Crippen LogP contribution in [-0.4, -0.2) is 23.8 Å². The Balaban J connectivity index is 1.39. The molecule has 0 aromatic heterocycles. The number of para-hydroxylation sites is 1. The summed E-state index contributed by atoms with van der Waals surface area (Å²) in [6, 6.07) is 16.5. The van der Waals surface area contributed by atoms with Gasteiger partial charge in [-0.05, 0) is 54.9 Å². The van der Waals surface area contributed by atoms with Crippen LogP contribution >= 0.6 is 0 Å². The molecule has 4 rings (SSSR count). The standard InChI is InChI=1S/C23H26N2O2/c1-25(21-12-6-9-16-7-2-4-10-19(16)21)22(26)14-13-18-15-17-8-3-5-11-20(17)24-23(18)27/h2-5,7-8,10-11,18,21H,6,9,12-15H2,1H3,(H,24,27)/t18-,21-/m1/s1. The van der Waals surface area contributed by atoms with Gasteiger partial charge < -0.3 is 10.2 Å². The van der Waals surface area contributed by atoms with E-state index in [0.29, 0.717) is 19.3 Å². The van der Waals surface area contributed by atoms with Crippen molar-refractivity contribution >= 4 is 17.5 Å². The fourth-order valence-electron chi connectivity index (χ4n) is 4.42. The molecule has 140 valence electrons. The number of hydrogen-bond donors (Lipinski definition) is 1. The van der Waals surface area contributed by atoms with E-state index in [1.165, 1.54) is 11.1 Å². The van der Waals surface area contributed by atoms with Crippen LogP contribution in [0.2, 0.25) is 0 Å². The third-order valence-electron chi connectivity index (χ3n) is 6.02. The van der Waals surface area contributed by atoms with Gasteiger partial charge in [-0.3, -0.25) is 9.59 Å². The Kier molecular flexibility index (Phi) is 4.97. The van der Waals surface area contributed by atoms with E-state index >= 15 is 0 Å². The molecule has 1 N–H and O–H groups in total. The molecule has 0 saturated heterocycles. The summed E-state index contributed by atoms with van der Waals surface area (Å²) in [6.45, 7) is 0. The van der Waals surface area contributed by atoms with Gasteiger partial charge >= 0.3 is 0 Å². The maximum atomic E-state index is 12.8. The number of nitrogens with zero attached hydrogens (tertiary/aromatic N) is 1. The average Bonchev–Trinajstić information content (AvgIpc) is 2.71. The molecule has 2 aliphatic rings. The first-order chi connectivity index (χ1) is 13.1. The van der Waals surface area contributed by atoms with Crippen molar-refractivity contribution < 1.29 is 9.59 Å². The van der Waals surface area contributed by atoms with E-state index in [-0.39, 0.29) is 23.8 Å². The number of fused-ring (bicyclic) bond motifs is 2. The van der Waals surface area contributed by atoms with Crippen LogP contribution < -0.4 is 5.32 Å². The predicted octanol–water partition coefficient (Wildman–Crippen LogP) is 4.11. The summed E-state index contributed by atoms with van der Waals surface area (Å²) in [7, 11) is 1.91. The lowest BCUT2D eigenvalue weighted by Crippen LogP contribution is -2.35. The Morgan fingerprint density at radius 3 is 2.70 bits per heavy atom. The van der Waals surface area contributed by atoms with Crippen molar-refractivity contribution in [1.82, 2.24) is 4.90 Å². The van der Waals surface area contributed by atoms with Crippen LogP contribution in [0.25, 0.3) is 0 Å². The summed E-state index contributed by atoms with van der Waals surface area (Å²) < 4.78 is 0. The number of benzene rings is 2. The topological polar surface area (TPSA) is 49.4 Å². The second-order valence-corrected chi connectivity index (χ2v) is 7.70. The van der Waals surface area contributed by atoms with Gasteiger partial charge in [0, 0.05) is 25.1 Å². The molecule has 4 heteroatoms. The minimum atomic E-state index is -0.129. The van der Waals surface area contributed by atoms with Gasteiger partial charge in [-0.2, -0.15) is 0 Å². The van der Waals surface area contributed by atoms with Crippen LogP contribution in [0.1, 0.15) is 48.4 Å². The summed E-state index contributed by atoms with van der Waals surface area (Å²) in [6.07, 6.45) is 4.94. The highest BCUT2D eigenvalue weighted by Crippen LogP contribution is 2.34. The Bertz CT molecular complexity index is 861. The monoisotopic (exact) mass is 362 g/mol. The predicted molar refractivity (Wildman–Crippen MR) is 106 cm³/mol. The zero-order valence-electron chi connectivity index (χ0n) is 15.8. The van der Waals surface area contributed by atoms with E-state index in [1.807, 2.05) is 30.1 Å². The summed E-state index contributed by atoms with van der Waals surface area (Å²) in [5.41, 5.74) is 4.70. The number of hydrogen-bond acceptors (Lipinski definition) is 2. The van der Waals surface area contributed by atoms with E-state index in [9.17, 15) is 9.59 Å². The SMILES string of the molecule is CN(C(=O)CC[C@@H]1Cc2ccccc2NC1=O)[C@@H]1CCCc2ccccc21. The molecule has 0 fully saturated rings. The third-order valence-corrected chi connectivity index (χ3v) is 6.02. The Morgan fingerprint density at radius 2 is 1.85 bits per heavy atom. The van der Waals surface area contributed by atoms with Gasteiger partial charge in [-0.1, -0.05) is 42.5 Å². The molecule has 0 saturated carbocycles. The first-order valence-corrected chi connectivity index (χ1v) is 9.85. The second-order valence-electron chi connectivity index (χ2n) is 7.70. The van der Waals surface area contributed by atoms with Crippen LogP contribution in [0.3, 0.4) is 0 Å². The number of carbonyl (C=O) groups is 2. The summed E-state index contributed by atoms with van der Waals surface area (Å²) in [4.78, 5) is 27.1. The van der Waals surface area contributed by atoms with Gasteiger partial charge in [0.25, 0.3) is 0 Å². The van der Waals surface area contributed by atoms with Crippen LogP contribution in [0.4, 0.5) is 5.69 Å². The molecule has 1 aliphatic carbocycles. The van der Waals surface area contributed by atoms with Gasteiger partial charge in [-0.25, -0.2) is 0 Å². The van der Waals surface area contributed by atoms with Crippen LogP contribution in [0.5, 0.6) is 0 Å². The molecular formula is C23H26N2O2. The van der Waals surface area contributed by atoms with Crippen LogP contribution in [-0.2, 0) is 22.4 Å². The first kappa shape index (κ1) is 17.8. The maximum absolute atomic E-state index is 12.8. The van der Waals surface area contributed by atoms with Gasteiger partial charge in [0.05, 0.1) is 6.04 Å². The van der Waals surface area contributed by atoms with Crippen molar-refractivity contribution in [2.75, 3.05) is 12.4 Å². The van der Waals surface area contributed by atoms with E-state index in [1.54, 1.807) is 0 Å². The fraction of sp³-hybridized carbons (Fsp3) is 0.391. The van der Waals surface area contributed by atoms with Crippen molar-refractivity contribution in [1.29, 1.82) is 0 Å². The average molecular weight is 362 g/mol. The molecule has 0 radical (unpaired) electrons. The minimum absolute atomic E-state index is 0.0344. The molecular weight excluding hydrogens is 336 g/mol. The Labute approximate surface area is 160 Å². The quantitative estimate of drug-likeness (QED) is 0.890. The van der Waals surface area contributed by atoms with Crippen LogP contribution in [0.15, 0.2) is 48.5 Å². The lowest BCUT2D eigenvalue weighted by atomic mass is 9.86. The van der Waals surface area contributed by atoms with Crippen LogP contribution in [0, 0.1) is 5.92 Å². The Morgan fingerprint density at radius 1 is 1.11 bits per heavy atom. The number of rotatable bonds is 4. The van der Waals surface area contributed by atoms with Gasteiger partial charge in [0.2, 0.25) is 11.8 Å². The molecule has 1 heterocycles. The zero-order chi connectivity index (χ0) is 18.8. The highest BCUT2D eigenvalue weighted by atomic mass is 16.2. The Hall–Kier alpha value is -2.62. The van der Waals surface area contributed by atoms with E-state index in [2.05, 4.69) is 35.6 Å². The number of carbonyl (C=O) groups excluding carboxylic acids is 2. The summed E-state index contributed by atoms with van der Waals surface area (Å²) in [5.74, 6) is 0.0337. The van der Waals surface area contributed by atoms with Gasteiger partial charge in [-0.15, -0.1) is 0 Å². The molecule has 0 bridgehead atoms. The summed E-state index contributed by atoms with van der Waals surface area (Å²) in [5, 5.41) is 2.98. The largest absolute Gasteiger partial charge is 0.339 e. The number of anilines is 1. The van der Waals surface area contributed by atoms with E-state index < -0.39 is 0 Å². The van der Waals surface area contributed by atoms with Crippen molar-refractivity contribution in [2.45, 2.75) is 44.6 Å². The molecule has 2 atom stereocenters. The normalized spacial score (nSPS) is 21.0. The number of amides is 2. The first-order valence-electron chi connectivity index (χ1n) is 9.85. The molecule has 2 aromatic rings. The summed E-state index contributed by atoms with van der Waals surface area (Å²) >= 11 is 0. The molecule has 1 aliphatic heterocycles. The fourth-order valence-corrected chi connectivity index (χ4v) is 4.42. The number of nitrogens with one attached hydrogen (secondary N) is 1. The van der Waals surface area contributed by atoms with Crippen molar-refractivity contribution in [3.8, 4) is 0 Å². The molecule has 0 spiro atoms. The third kappa shape index (κ3) is 3.61. The second kappa shape index (κ2) is 7.55. The smallest absolute Gasteiger partial charge is 0.227 e. The van der Waals surface area contributed by atoms with Crippen molar-refractivity contribution in [2.24, 2.45) is 5.92 Å². The number of aryl methyl sites for hydroxylation is 1. The maximum Gasteiger partial charge on any atom is 0.227 e. The lowest BCUT2D eigenvalue weighted by Gasteiger charge is -2.34.